The lowest BCUT2D eigenvalue weighted by Crippen LogP contribution is -2.24. The van der Waals surface area contributed by atoms with E-state index < -0.39 is 53.1 Å². The van der Waals surface area contributed by atoms with E-state index in [1.165, 1.54) is 12.1 Å². The van der Waals surface area contributed by atoms with Gasteiger partial charge in [-0.15, -0.1) is 0 Å². The Hall–Kier alpha value is -3.34. The molecule has 154 valence electrons. The third-order valence-electron chi connectivity index (χ3n) is 3.31. The van der Waals surface area contributed by atoms with Gasteiger partial charge in [0.25, 0.3) is 11.6 Å². The summed E-state index contributed by atoms with van der Waals surface area (Å²) in [6, 6.07) is 7.97. The van der Waals surface area contributed by atoms with Crippen molar-refractivity contribution >= 4 is 34.9 Å². The summed E-state index contributed by atoms with van der Waals surface area (Å²) in [5, 5.41) is 12.9. The number of nitro groups is 1. The van der Waals surface area contributed by atoms with Crippen LogP contribution < -0.4 is 10.1 Å². The monoisotopic (exact) mass is 432 g/mol. The highest BCUT2D eigenvalue weighted by molar-refractivity contribution is 6.30. The molecule has 2 aromatic rings. The van der Waals surface area contributed by atoms with E-state index in [1.807, 2.05) is 5.32 Å². The first-order chi connectivity index (χ1) is 13.6. The average Bonchev–Trinajstić information content (AvgIpc) is 2.64. The fourth-order valence-electron chi connectivity index (χ4n) is 2.06. The Balaban J connectivity index is 1.93. The van der Waals surface area contributed by atoms with Crippen molar-refractivity contribution in [2.75, 3.05) is 18.5 Å². The highest BCUT2D eigenvalue weighted by Crippen LogP contribution is 2.37. The molecular weight excluding hydrogens is 421 g/mol. The number of carbonyl (C=O) groups excluding carboxylic acids is 2. The molecule has 29 heavy (non-hydrogen) atoms. The van der Waals surface area contributed by atoms with E-state index in [0.29, 0.717) is 11.1 Å². The summed E-state index contributed by atoms with van der Waals surface area (Å²) >= 11 is 5.75. The quantitative estimate of drug-likeness (QED) is 0.405. The van der Waals surface area contributed by atoms with Crippen LogP contribution in [0.4, 0.5) is 24.5 Å². The predicted octanol–water partition coefficient (Wildman–Crippen LogP) is 3.83. The van der Waals surface area contributed by atoms with Crippen LogP contribution in [0.2, 0.25) is 5.02 Å². The molecule has 0 aliphatic heterocycles. The largest absolute Gasteiger partial charge is 0.482 e. The zero-order valence-electron chi connectivity index (χ0n) is 14.4. The summed E-state index contributed by atoms with van der Waals surface area (Å²) in [6.45, 7) is -1.44. The summed E-state index contributed by atoms with van der Waals surface area (Å²) in [7, 11) is 0. The third-order valence-corrected chi connectivity index (χ3v) is 3.55. The Bertz CT molecular complexity index is 936. The van der Waals surface area contributed by atoms with Gasteiger partial charge in [0.1, 0.15) is 5.75 Å². The van der Waals surface area contributed by atoms with Crippen molar-refractivity contribution in [2.24, 2.45) is 0 Å². The Morgan fingerprint density at radius 3 is 2.48 bits per heavy atom. The molecule has 0 fully saturated rings. The fourth-order valence-corrected chi connectivity index (χ4v) is 2.24. The van der Waals surface area contributed by atoms with Gasteiger partial charge in [0.05, 0.1) is 16.2 Å². The molecule has 2 aromatic carbocycles. The molecule has 2 rings (SSSR count). The lowest BCUT2D eigenvalue weighted by atomic mass is 10.1. The van der Waals surface area contributed by atoms with Crippen LogP contribution >= 0.6 is 11.6 Å². The molecule has 0 atom stereocenters. The Morgan fingerprint density at radius 1 is 1.14 bits per heavy atom. The van der Waals surface area contributed by atoms with E-state index in [0.717, 1.165) is 12.1 Å². The Morgan fingerprint density at radius 2 is 1.86 bits per heavy atom. The van der Waals surface area contributed by atoms with Gasteiger partial charge in [-0.2, -0.15) is 13.2 Å². The standard InChI is InChI=1S/C17H12ClF3N2O6/c18-10-2-1-3-12(6-10)28-9-16(25)29-8-15(24)22-14-5-4-11(23(26)27)7-13(14)17(19,20)21/h1-7H,8-9H2,(H,22,24). The van der Waals surface area contributed by atoms with Crippen molar-refractivity contribution in [1.29, 1.82) is 0 Å². The molecule has 1 N–H and O–H groups in total. The summed E-state index contributed by atoms with van der Waals surface area (Å²) in [5.74, 6) is -1.74. The number of carbonyl (C=O) groups is 2. The Labute approximate surface area is 166 Å². The second kappa shape index (κ2) is 9.24. The van der Waals surface area contributed by atoms with Crippen molar-refractivity contribution in [3.05, 3.63) is 63.2 Å². The van der Waals surface area contributed by atoms with E-state index in [4.69, 9.17) is 16.3 Å². The normalized spacial score (nSPS) is 10.9. The summed E-state index contributed by atoms with van der Waals surface area (Å²) in [6.07, 6.45) is -4.95. The molecule has 0 unspecified atom stereocenters. The fraction of sp³-hybridized carbons (Fsp3) is 0.176. The number of nitrogens with zero attached hydrogens (tertiary/aromatic N) is 1. The van der Waals surface area contributed by atoms with E-state index in [-0.39, 0.29) is 5.75 Å². The molecule has 8 nitrogen and oxygen atoms in total. The number of halogens is 4. The number of ether oxygens (including phenoxy) is 2. The van der Waals surface area contributed by atoms with E-state index >= 15 is 0 Å². The van der Waals surface area contributed by atoms with Gasteiger partial charge in [-0.05, 0) is 24.3 Å². The number of esters is 1. The van der Waals surface area contributed by atoms with E-state index in [9.17, 15) is 32.9 Å². The number of hydrogen-bond donors (Lipinski definition) is 1. The Kier molecular flexibility index (Phi) is 6.99. The molecule has 0 aliphatic carbocycles. The maximum Gasteiger partial charge on any atom is 0.418 e. The number of amides is 1. The predicted molar refractivity (Wildman–Crippen MR) is 94.6 cm³/mol. The van der Waals surface area contributed by atoms with Crippen LogP contribution in [0.25, 0.3) is 0 Å². The van der Waals surface area contributed by atoms with Gasteiger partial charge < -0.3 is 14.8 Å². The molecule has 0 bridgehead atoms. The number of benzene rings is 2. The third kappa shape index (κ3) is 6.64. The van der Waals surface area contributed by atoms with Crippen LogP contribution in [0.1, 0.15) is 5.56 Å². The van der Waals surface area contributed by atoms with Crippen LogP contribution in [0.15, 0.2) is 42.5 Å². The molecule has 0 saturated carbocycles. The first kappa shape index (κ1) is 22.0. The topological polar surface area (TPSA) is 108 Å². The van der Waals surface area contributed by atoms with Crippen molar-refractivity contribution in [3.63, 3.8) is 0 Å². The number of anilines is 1. The van der Waals surface area contributed by atoms with E-state index in [2.05, 4.69) is 4.74 Å². The number of non-ortho nitro benzene ring substituents is 1. The number of hydrogen-bond acceptors (Lipinski definition) is 6. The highest BCUT2D eigenvalue weighted by Gasteiger charge is 2.35. The molecule has 0 radical (unpaired) electrons. The molecule has 0 aromatic heterocycles. The van der Waals surface area contributed by atoms with Crippen molar-refractivity contribution in [3.8, 4) is 5.75 Å². The number of nitrogens with one attached hydrogen (secondary N) is 1. The van der Waals surface area contributed by atoms with Gasteiger partial charge in [-0.1, -0.05) is 17.7 Å². The van der Waals surface area contributed by atoms with Crippen molar-refractivity contribution in [2.45, 2.75) is 6.18 Å². The highest BCUT2D eigenvalue weighted by atomic mass is 35.5. The van der Waals surface area contributed by atoms with Gasteiger partial charge in [-0.25, -0.2) is 4.79 Å². The van der Waals surface area contributed by atoms with Crippen LogP contribution in [-0.2, 0) is 20.5 Å². The lowest BCUT2D eigenvalue weighted by molar-refractivity contribution is -0.385. The molecule has 0 saturated heterocycles. The van der Waals surface area contributed by atoms with Crippen LogP contribution in [0.3, 0.4) is 0 Å². The summed E-state index contributed by atoms with van der Waals surface area (Å²) in [4.78, 5) is 33.0. The summed E-state index contributed by atoms with van der Waals surface area (Å²) in [5.41, 5.74) is -2.91. The van der Waals surface area contributed by atoms with Gasteiger partial charge >= 0.3 is 12.1 Å². The van der Waals surface area contributed by atoms with Crippen LogP contribution in [-0.4, -0.2) is 30.0 Å². The maximum absolute atomic E-state index is 13.1. The number of rotatable bonds is 7. The van der Waals surface area contributed by atoms with E-state index in [1.54, 1.807) is 12.1 Å². The van der Waals surface area contributed by atoms with Gasteiger partial charge in [0, 0.05) is 17.2 Å². The van der Waals surface area contributed by atoms with Crippen LogP contribution in [0.5, 0.6) is 5.75 Å². The molecule has 0 heterocycles. The minimum Gasteiger partial charge on any atom is -0.482 e. The van der Waals surface area contributed by atoms with Crippen molar-refractivity contribution < 1.29 is 37.2 Å². The SMILES string of the molecule is O=C(COC(=O)COc1cccc(Cl)c1)Nc1ccc([N+](=O)[O-])cc1C(F)(F)F. The first-order valence-electron chi connectivity index (χ1n) is 7.76. The van der Waals surface area contributed by atoms with Gasteiger partial charge in [0.2, 0.25) is 0 Å². The zero-order chi connectivity index (χ0) is 21.6. The summed E-state index contributed by atoms with van der Waals surface area (Å²) < 4.78 is 48.9. The second-order valence-electron chi connectivity index (χ2n) is 5.44. The van der Waals surface area contributed by atoms with Gasteiger partial charge in [-0.3, -0.25) is 14.9 Å². The minimum absolute atomic E-state index is 0.277. The number of alkyl halides is 3. The zero-order valence-corrected chi connectivity index (χ0v) is 15.1. The van der Waals surface area contributed by atoms with Gasteiger partial charge in [0.15, 0.2) is 13.2 Å². The average molecular weight is 433 g/mol. The first-order valence-corrected chi connectivity index (χ1v) is 8.13. The molecule has 1 amide bonds. The second-order valence-corrected chi connectivity index (χ2v) is 5.88. The maximum atomic E-state index is 13.1. The number of nitro benzene ring substituents is 1. The lowest BCUT2D eigenvalue weighted by Gasteiger charge is -2.13. The minimum atomic E-state index is -4.95. The van der Waals surface area contributed by atoms with Crippen LogP contribution in [0, 0.1) is 10.1 Å². The molecule has 0 aliphatic rings. The molecule has 0 spiro atoms. The molecule has 12 heteroatoms. The smallest absolute Gasteiger partial charge is 0.418 e. The molecular formula is C17H12ClF3N2O6. The van der Waals surface area contributed by atoms with Crippen molar-refractivity contribution in [1.82, 2.24) is 0 Å².